The Balaban J connectivity index is 1.53. The number of methoxy groups -OCH3 is 1. The molecular weight excluding hydrogens is 462 g/mol. The van der Waals surface area contributed by atoms with Crippen molar-refractivity contribution in [2.24, 2.45) is 4.99 Å². The van der Waals surface area contributed by atoms with Crippen LogP contribution in [0.15, 0.2) is 83.9 Å². The molecule has 3 aromatic rings. The lowest BCUT2D eigenvalue weighted by molar-refractivity contribution is -0.121. The number of ether oxygens (including phenoxy) is 2. The van der Waals surface area contributed by atoms with Crippen LogP contribution in [0.1, 0.15) is 18.9 Å². The first-order chi connectivity index (χ1) is 17.1. The van der Waals surface area contributed by atoms with E-state index < -0.39 is 5.25 Å². The van der Waals surface area contributed by atoms with Gasteiger partial charge in [0, 0.05) is 18.2 Å². The molecule has 2 amide bonds. The molecule has 0 radical (unpaired) electrons. The first-order valence-electron chi connectivity index (χ1n) is 11.3. The molecule has 4 rings (SSSR count). The fourth-order valence-corrected chi connectivity index (χ4v) is 4.64. The minimum atomic E-state index is -0.580. The fourth-order valence-electron chi connectivity index (χ4n) is 3.63. The molecule has 0 spiro atoms. The van der Waals surface area contributed by atoms with E-state index in [0.29, 0.717) is 29.8 Å². The van der Waals surface area contributed by atoms with Gasteiger partial charge in [0.05, 0.1) is 25.9 Å². The maximum atomic E-state index is 13.3. The number of amidine groups is 1. The molecule has 0 saturated carbocycles. The van der Waals surface area contributed by atoms with Gasteiger partial charge >= 0.3 is 0 Å². The molecule has 35 heavy (non-hydrogen) atoms. The number of imide groups is 1. The second-order valence-electron chi connectivity index (χ2n) is 7.77. The largest absolute Gasteiger partial charge is 0.497 e. The van der Waals surface area contributed by atoms with Gasteiger partial charge in [-0.1, -0.05) is 48.2 Å². The van der Waals surface area contributed by atoms with Crippen molar-refractivity contribution in [3.8, 4) is 11.5 Å². The highest BCUT2D eigenvalue weighted by Crippen LogP contribution is 2.32. The summed E-state index contributed by atoms with van der Waals surface area (Å²) >= 11 is 1.27. The highest BCUT2D eigenvalue weighted by atomic mass is 32.2. The molecule has 8 heteroatoms. The average molecular weight is 490 g/mol. The summed E-state index contributed by atoms with van der Waals surface area (Å²) in [5.74, 6) is 0.892. The summed E-state index contributed by atoms with van der Waals surface area (Å²) in [6.45, 7) is 2.81. The number of hydrogen-bond acceptors (Lipinski definition) is 6. The van der Waals surface area contributed by atoms with Crippen molar-refractivity contribution in [3.63, 3.8) is 0 Å². The van der Waals surface area contributed by atoms with Crippen LogP contribution >= 0.6 is 11.8 Å². The van der Waals surface area contributed by atoms with E-state index in [-0.39, 0.29) is 18.2 Å². The van der Waals surface area contributed by atoms with Crippen molar-refractivity contribution in [2.75, 3.05) is 23.9 Å². The monoisotopic (exact) mass is 489 g/mol. The Bertz CT molecular complexity index is 1200. The maximum Gasteiger partial charge on any atom is 0.247 e. The quantitative estimate of drug-likeness (QED) is 0.269. The molecule has 0 unspecified atom stereocenters. The van der Waals surface area contributed by atoms with E-state index in [9.17, 15) is 9.59 Å². The van der Waals surface area contributed by atoms with Gasteiger partial charge in [0.1, 0.15) is 16.7 Å². The highest BCUT2D eigenvalue weighted by Gasteiger charge is 2.41. The molecule has 0 aliphatic carbocycles. The third-order valence-electron chi connectivity index (χ3n) is 5.34. The zero-order valence-corrected chi connectivity index (χ0v) is 20.5. The number of carbonyl (C=O) groups excluding carboxylic acids is 2. The summed E-state index contributed by atoms with van der Waals surface area (Å²) in [5, 5.41) is 3.29. The third kappa shape index (κ3) is 6.22. The number of nitrogens with zero attached hydrogens (tertiary/aromatic N) is 2. The SMILES string of the molecule is CCOc1cccc(N2C(=O)C[C@H](SC(=NCc3ccc(OC)cc3)Nc3ccccc3)C2=O)c1. The van der Waals surface area contributed by atoms with Crippen LogP contribution in [0, 0.1) is 0 Å². The summed E-state index contributed by atoms with van der Waals surface area (Å²) in [6.07, 6.45) is 0.0976. The third-order valence-corrected chi connectivity index (χ3v) is 6.44. The molecule has 1 aliphatic heterocycles. The predicted octanol–water partition coefficient (Wildman–Crippen LogP) is 5.13. The van der Waals surface area contributed by atoms with Crippen LogP contribution in [0.3, 0.4) is 0 Å². The minimum Gasteiger partial charge on any atom is -0.497 e. The van der Waals surface area contributed by atoms with Gasteiger partial charge in [-0.25, -0.2) is 4.90 Å². The minimum absolute atomic E-state index is 0.0976. The summed E-state index contributed by atoms with van der Waals surface area (Å²) in [4.78, 5) is 32.1. The number of thioether (sulfide) groups is 1. The smallest absolute Gasteiger partial charge is 0.247 e. The van der Waals surface area contributed by atoms with Crippen LogP contribution in [0.5, 0.6) is 11.5 Å². The van der Waals surface area contributed by atoms with Crippen LogP contribution in [-0.4, -0.2) is 35.9 Å². The number of hydrogen-bond donors (Lipinski definition) is 1. The summed E-state index contributed by atoms with van der Waals surface area (Å²) in [6, 6.07) is 24.3. The van der Waals surface area contributed by atoms with E-state index in [0.717, 1.165) is 17.0 Å². The van der Waals surface area contributed by atoms with Crippen molar-refractivity contribution >= 4 is 40.1 Å². The number of anilines is 2. The number of amides is 2. The summed E-state index contributed by atoms with van der Waals surface area (Å²) < 4.78 is 10.7. The van der Waals surface area contributed by atoms with E-state index >= 15 is 0 Å². The van der Waals surface area contributed by atoms with Gasteiger partial charge in [-0.15, -0.1) is 0 Å². The molecule has 7 nitrogen and oxygen atoms in total. The van der Waals surface area contributed by atoms with Gasteiger partial charge in [-0.05, 0) is 48.9 Å². The molecule has 1 N–H and O–H groups in total. The van der Waals surface area contributed by atoms with E-state index in [2.05, 4.69) is 5.32 Å². The first-order valence-corrected chi connectivity index (χ1v) is 12.2. The Labute approximate surface area is 209 Å². The van der Waals surface area contributed by atoms with Crippen molar-refractivity contribution in [1.29, 1.82) is 0 Å². The highest BCUT2D eigenvalue weighted by molar-refractivity contribution is 8.15. The fraction of sp³-hybridized carbons (Fsp3) is 0.222. The van der Waals surface area contributed by atoms with Gasteiger partial charge in [0.25, 0.3) is 0 Å². The number of benzene rings is 3. The Morgan fingerprint density at radius 1 is 1.03 bits per heavy atom. The molecule has 1 heterocycles. The lowest BCUT2D eigenvalue weighted by Crippen LogP contribution is -2.31. The van der Waals surface area contributed by atoms with Crippen molar-refractivity contribution in [1.82, 2.24) is 0 Å². The van der Waals surface area contributed by atoms with E-state index in [4.69, 9.17) is 14.5 Å². The van der Waals surface area contributed by atoms with Crippen LogP contribution in [0.2, 0.25) is 0 Å². The van der Waals surface area contributed by atoms with Crippen molar-refractivity contribution < 1.29 is 19.1 Å². The number of aliphatic imine (C=N–C) groups is 1. The van der Waals surface area contributed by atoms with Crippen molar-refractivity contribution in [2.45, 2.75) is 25.1 Å². The molecule has 0 bridgehead atoms. The number of para-hydroxylation sites is 1. The Morgan fingerprint density at radius 2 is 1.80 bits per heavy atom. The Morgan fingerprint density at radius 3 is 2.51 bits per heavy atom. The number of nitrogens with one attached hydrogen (secondary N) is 1. The van der Waals surface area contributed by atoms with E-state index in [1.807, 2.05) is 61.5 Å². The second-order valence-corrected chi connectivity index (χ2v) is 8.96. The zero-order valence-electron chi connectivity index (χ0n) is 19.6. The molecule has 180 valence electrons. The van der Waals surface area contributed by atoms with Crippen LogP contribution in [0.4, 0.5) is 11.4 Å². The van der Waals surface area contributed by atoms with Gasteiger partial charge in [-0.2, -0.15) is 0 Å². The van der Waals surface area contributed by atoms with E-state index in [1.54, 1.807) is 31.4 Å². The Hall–Kier alpha value is -3.78. The number of rotatable bonds is 8. The topological polar surface area (TPSA) is 80.2 Å². The summed E-state index contributed by atoms with van der Waals surface area (Å²) in [7, 11) is 1.63. The zero-order chi connectivity index (χ0) is 24.6. The van der Waals surface area contributed by atoms with Gasteiger partial charge in [0.2, 0.25) is 11.8 Å². The molecule has 1 saturated heterocycles. The van der Waals surface area contributed by atoms with Gasteiger partial charge < -0.3 is 14.8 Å². The lowest BCUT2D eigenvalue weighted by atomic mass is 10.2. The molecule has 3 aromatic carbocycles. The molecular formula is C27H27N3O4S. The Kier molecular flexibility index (Phi) is 8.05. The summed E-state index contributed by atoms with van der Waals surface area (Å²) in [5.41, 5.74) is 2.37. The molecule has 1 atom stereocenters. The van der Waals surface area contributed by atoms with Crippen LogP contribution in [0.25, 0.3) is 0 Å². The number of carbonyl (C=O) groups is 2. The maximum absolute atomic E-state index is 13.3. The standard InChI is InChI=1S/C27H27N3O4S/c1-3-34-23-11-7-10-21(16-23)30-25(31)17-24(26(30)32)35-27(29-20-8-5-4-6-9-20)28-18-19-12-14-22(33-2)15-13-19/h4-16,24H,3,17-18H2,1-2H3,(H,28,29)/t24-/m0/s1. The predicted molar refractivity (Wildman–Crippen MR) is 140 cm³/mol. The van der Waals surface area contributed by atoms with Crippen LogP contribution < -0.4 is 19.7 Å². The van der Waals surface area contributed by atoms with Gasteiger partial charge in [-0.3, -0.25) is 14.6 Å². The molecule has 1 fully saturated rings. The lowest BCUT2D eigenvalue weighted by Gasteiger charge is -2.17. The van der Waals surface area contributed by atoms with Crippen molar-refractivity contribution in [3.05, 3.63) is 84.4 Å². The molecule has 1 aliphatic rings. The van der Waals surface area contributed by atoms with Crippen LogP contribution in [-0.2, 0) is 16.1 Å². The van der Waals surface area contributed by atoms with E-state index in [1.165, 1.54) is 16.7 Å². The normalized spacial score (nSPS) is 15.9. The first kappa shape index (κ1) is 24.3. The second kappa shape index (κ2) is 11.6. The molecule has 0 aromatic heterocycles. The van der Waals surface area contributed by atoms with Gasteiger partial charge in [0.15, 0.2) is 5.17 Å². The average Bonchev–Trinajstić information content (AvgIpc) is 3.16.